The molecule has 1 fully saturated rings. The van der Waals surface area contributed by atoms with E-state index in [1.807, 2.05) is 19.1 Å². The summed E-state index contributed by atoms with van der Waals surface area (Å²) in [6.07, 6.45) is 3.60. The molecule has 1 aromatic carbocycles. The highest BCUT2D eigenvalue weighted by Gasteiger charge is 2.36. The number of barbiturate groups is 1. The zero-order valence-electron chi connectivity index (χ0n) is 12.4. The van der Waals surface area contributed by atoms with E-state index in [4.69, 9.17) is 4.42 Å². The molecule has 3 rings (SSSR count). The van der Waals surface area contributed by atoms with Gasteiger partial charge in [-0.15, -0.1) is 0 Å². The van der Waals surface area contributed by atoms with Crippen LogP contribution < -0.4 is 10.2 Å². The third-order valence-electron chi connectivity index (χ3n) is 3.53. The number of urea groups is 1. The smallest absolute Gasteiger partial charge is 0.335 e. The molecule has 1 aliphatic heterocycles. The summed E-state index contributed by atoms with van der Waals surface area (Å²) in [5, 5.41) is 2.17. The first-order chi connectivity index (χ1) is 11.1. The van der Waals surface area contributed by atoms with Crippen LogP contribution in [0.3, 0.4) is 0 Å². The monoisotopic (exact) mass is 310 g/mol. The maximum absolute atomic E-state index is 12.6. The van der Waals surface area contributed by atoms with Gasteiger partial charge in [0.15, 0.2) is 0 Å². The van der Waals surface area contributed by atoms with E-state index in [9.17, 15) is 14.4 Å². The number of benzene rings is 1. The van der Waals surface area contributed by atoms with Gasteiger partial charge < -0.3 is 4.42 Å². The third kappa shape index (κ3) is 2.78. The summed E-state index contributed by atoms with van der Waals surface area (Å²) >= 11 is 0. The summed E-state index contributed by atoms with van der Waals surface area (Å²) < 4.78 is 5.12. The Bertz CT molecular complexity index is 789. The third-order valence-corrected chi connectivity index (χ3v) is 3.53. The topological polar surface area (TPSA) is 79.6 Å². The number of hydrogen-bond donors (Lipinski definition) is 1. The minimum absolute atomic E-state index is 0.154. The number of anilines is 1. The van der Waals surface area contributed by atoms with Gasteiger partial charge in [0.1, 0.15) is 11.3 Å². The van der Waals surface area contributed by atoms with Crippen molar-refractivity contribution in [3.05, 3.63) is 59.6 Å². The summed E-state index contributed by atoms with van der Waals surface area (Å²) in [5.74, 6) is -1.06. The lowest BCUT2D eigenvalue weighted by molar-refractivity contribution is -0.122. The van der Waals surface area contributed by atoms with Crippen LogP contribution in [0.2, 0.25) is 0 Å². The van der Waals surface area contributed by atoms with Gasteiger partial charge in [-0.2, -0.15) is 0 Å². The van der Waals surface area contributed by atoms with E-state index in [-0.39, 0.29) is 5.57 Å². The molecular weight excluding hydrogens is 296 g/mol. The van der Waals surface area contributed by atoms with E-state index in [1.54, 1.807) is 24.3 Å². The van der Waals surface area contributed by atoms with Crippen molar-refractivity contribution in [3.63, 3.8) is 0 Å². The van der Waals surface area contributed by atoms with E-state index < -0.39 is 17.8 Å². The fourth-order valence-corrected chi connectivity index (χ4v) is 2.29. The maximum atomic E-state index is 12.6. The molecule has 0 radical (unpaired) electrons. The summed E-state index contributed by atoms with van der Waals surface area (Å²) in [7, 11) is 0. The van der Waals surface area contributed by atoms with Crippen molar-refractivity contribution in [3.8, 4) is 0 Å². The van der Waals surface area contributed by atoms with E-state index in [1.165, 1.54) is 12.3 Å². The van der Waals surface area contributed by atoms with Crippen LogP contribution in [0, 0.1) is 0 Å². The van der Waals surface area contributed by atoms with Crippen LogP contribution in [-0.4, -0.2) is 17.8 Å². The van der Waals surface area contributed by atoms with E-state index in [2.05, 4.69) is 5.32 Å². The molecule has 6 nitrogen and oxygen atoms in total. The Balaban J connectivity index is 1.98. The second kappa shape index (κ2) is 5.92. The molecule has 0 saturated carbocycles. The summed E-state index contributed by atoms with van der Waals surface area (Å²) in [5.41, 5.74) is 1.34. The molecule has 0 unspecified atom stereocenters. The van der Waals surface area contributed by atoms with Gasteiger partial charge in [-0.1, -0.05) is 19.1 Å². The minimum Gasteiger partial charge on any atom is -0.465 e. The van der Waals surface area contributed by atoms with Crippen LogP contribution in [0.4, 0.5) is 10.5 Å². The fraction of sp³-hybridized carbons (Fsp3) is 0.118. The zero-order valence-corrected chi connectivity index (χ0v) is 12.4. The Morgan fingerprint density at radius 3 is 2.48 bits per heavy atom. The molecule has 1 N–H and O–H groups in total. The summed E-state index contributed by atoms with van der Waals surface area (Å²) in [4.78, 5) is 37.5. The van der Waals surface area contributed by atoms with Crippen molar-refractivity contribution in [2.45, 2.75) is 13.3 Å². The zero-order chi connectivity index (χ0) is 16.4. The Kier molecular flexibility index (Phi) is 3.80. The van der Waals surface area contributed by atoms with Crippen LogP contribution in [0.15, 0.2) is 52.7 Å². The van der Waals surface area contributed by atoms with Crippen LogP contribution >= 0.6 is 0 Å². The van der Waals surface area contributed by atoms with Gasteiger partial charge in [0.2, 0.25) is 0 Å². The lowest BCUT2D eigenvalue weighted by Gasteiger charge is -2.26. The Labute approximate surface area is 132 Å². The molecule has 1 aromatic heterocycles. The van der Waals surface area contributed by atoms with Crippen molar-refractivity contribution in [2.24, 2.45) is 0 Å². The molecule has 1 saturated heterocycles. The van der Waals surface area contributed by atoms with Crippen LogP contribution in [-0.2, 0) is 16.0 Å². The molecule has 1 aliphatic rings. The molecule has 0 aliphatic carbocycles. The van der Waals surface area contributed by atoms with Gasteiger partial charge in [0, 0.05) is 0 Å². The van der Waals surface area contributed by atoms with Crippen molar-refractivity contribution >= 4 is 29.6 Å². The van der Waals surface area contributed by atoms with Crippen molar-refractivity contribution < 1.29 is 18.8 Å². The Hall–Kier alpha value is -3.15. The number of aryl methyl sites for hydroxylation is 1. The number of carbonyl (C=O) groups is 3. The predicted molar refractivity (Wildman–Crippen MR) is 83.5 cm³/mol. The minimum atomic E-state index is -0.763. The molecule has 0 atom stereocenters. The standard InChI is InChI=1S/C17H14N2O4/c1-2-11-5-7-12(8-6-11)19-16(21)14(15(20)18-17(19)22)10-13-4-3-9-23-13/h3-10H,2H2,1H3,(H,18,20,22)/b14-10-. The first-order valence-corrected chi connectivity index (χ1v) is 7.14. The van der Waals surface area contributed by atoms with Crippen LogP contribution in [0.5, 0.6) is 0 Å². The lowest BCUT2D eigenvalue weighted by Crippen LogP contribution is -2.54. The number of imide groups is 2. The number of nitrogens with zero attached hydrogens (tertiary/aromatic N) is 1. The average molecular weight is 310 g/mol. The van der Waals surface area contributed by atoms with Gasteiger partial charge in [0.25, 0.3) is 11.8 Å². The number of amides is 4. The quantitative estimate of drug-likeness (QED) is 0.698. The van der Waals surface area contributed by atoms with Gasteiger partial charge in [-0.05, 0) is 42.3 Å². The number of furan rings is 1. The van der Waals surface area contributed by atoms with E-state index in [0.717, 1.165) is 16.9 Å². The number of hydrogen-bond acceptors (Lipinski definition) is 4. The SMILES string of the molecule is CCc1ccc(N2C(=O)NC(=O)/C(=C/c3ccco3)C2=O)cc1. The molecule has 2 aromatic rings. The lowest BCUT2D eigenvalue weighted by atomic mass is 10.1. The predicted octanol–water partition coefficient (Wildman–Crippen LogP) is 2.51. The molecule has 6 heteroatoms. The first kappa shape index (κ1) is 14.8. The Morgan fingerprint density at radius 2 is 1.87 bits per heavy atom. The largest absolute Gasteiger partial charge is 0.465 e. The van der Waals surface area contributed by atoms with Gasteiger partial charge in [-0.3, -0.25) is 14.9 Å². The van der Waals surface area contributed by atoms with Gasteiger partial charge in [0.05, 0.1) is 12.0 Å². The molecule has 0 bridgehead atoms. The van der Waals surface area contributed by atoms with Crippen molar-refractivity contribution in [1.29, 1.82) is 0 Å². The highest BCUT2D eigenvalue weighted by atomic mass is 16.3. The van der Waals surface area contributed by atoms with Crippen molar-refractivity contribution in [2.75, 3.05) is 4.90 Å². The van der Waals surface area contributed by atoms with E-state index >= 15 is 0 Å². The summed E-state index contributed by atoms with van der Waals surface area (Å²) in [6, 6.07) is 9.52. The number of carbonyl (C=O) groups excluding carboxylic acids is 3. The van der Waals surface area contributed by atoms with Crippen LogP contribution in [0.25, 0.3) is 6.08 Å². The highest BCUT2D eigenvalue weighted by molar-refractivity contribution is 6.39. The molecule has 23 heavy (non-hydrogen) atoms. The number of nitrogens with one attached hydrogen (secondary N) is 1. The van der Waals surface area contributed by atoms with Gasteiger partial charge in [-0.25, -0.2) is 9.69 Å². The maximum Gasteiger partial charge on any atom is 0.335 e. The summed E-state index contributed by atoms with van der Waals surface area (Å²) in [6.45, 7) is 2.01. The second-order valence-electron chi connectivity index (χ2n) is 4.99. The highest BCUT2D eigenvalue weighted by Crippen LogP contribution is 2.22. The molecule has 2 heterocycles. The fourth-order valence-electron chi connectivity index (χ4n) is 2.29. The normalized spacial score (nSPS) is 16.8. The second-order valence-corrected chi connectivity index (χ2v) is 4.99. The average Bonchev–Trinajstić information content (AvgIpc) is 3.05. The van der Waals surface area contributed by atoms with Crippen molar-refractivity contribution in [1.82, 2.24) is 5.32 Å². The first-order valence-electron chi connectivity index (χ1n) is 7.14. The molecule has 116 valence electrons. The molecule has 4 amide bonds. The number of rotatable bonds is 3. The van der Waals surface area contributed by atoms with Gasteiger partial charge >= 0.3 is 6.03 Å². The Morgan fingerprint density at radius 1 is 1.13 bits per heavy atom. The molecule has 0 spiro atoms. The molecular formula is C17H14N2O4. The van der Waals surface area contributed by atoms with E-state index in [0.29, 0.717) is 11.4 Å². The van der Waals surface area contributed by atoms with Crippen LogP contribution in [0.1, 0.15) is 18.2 Å².